The minimum atomic E-state index is 0.434. The first-order valence-electron chi connectivity index (χ1n) is 8.40. The molecule has 0 unspecified atom stereocenters. The predicted octanol–water partition coefficient (Wildman–Crippen LogP) is 3.67. The van der Waals surface area contributed by atoms with Crippen molar-refractivity contribution in [2.45, 2.75) is 51.0 Å². The molecule has 0 aliphatic heterocycles. The number of hydrogen-bond donors (Lipinski definition) is 0. The zero-order valence-electron chi connectivity index (χ0n) is 13.3. The number of hydrogen-bond acceptors (Lipinski definition) is 4. The summed E-state index contributed by atoms with van der Waals surface area (Å²) in [5, 5.41) is 17.5. The molecule has 1 saturated carbocycles. The molecule has 0 N–H and O–H groups in total. The largest absolute Gasteiger partial charge is 0.494 e. The number of nitriles is 1. The molecule has 1 heterocycles. The Kier molecular flexibility index (Phi) is 5.25. The van der Waals surface area contributed by atoms with Crippen LogP contribution < -0.4 is 4.74 Å². The van der Waals surface area contributed by atoms with Crippen LogP contribution in [0.2, 0.25) is 0 Å². The molecule has 0 amide bonds. The van der Waals surface area contributed by atoms with Crippen molar-refractivity contribution in [1.29, 1.82) is 5.26 Å². The van der Waals surface area contributed by atoms with Gasteiger partial charge in [0.1, 0.15) is 11.8 Å². The summed E-state index contributed by atoms with van der Waals surface area (Å²) >= 11 is 0. The van der Waals surface area contributed by atoms with Crippen molar-refractivity contribution in [1.82, 2.24) is 15.0 Å². The highest BCUT2D eigenvalue weighted by Gasteiger charge is 2.24. The first-order valence-corrected chi connectivity index (χ1v) is 8.40. The van der Waals surface area contributed by atoms with Crippen molar-refractivity contribution >= 4 is 0 Å². The smallest absolute Gasteiger partial charge is 0.186 e. The number of aryl methyl sites for hydroxylation is 1. The summed E-state index contributed by atoms with van der Waals surface area (Å²) in [6.07, 6.45) is 6.90. The van der Waals surface area contributed by atoms with Crippen LogP contribution in [0.15, 0.2) is 30.3 Å². The first-order chi connectivity index (χ1) is 11.4. The van der Waals surface area contributed by atoms with Crippen molar-refractivity contribution in [2.75, 3.05) is 6.61 Å². The lowest BCUT2D eigenvalue weighted by molar-refractivity contribution is 0.294. The van der Waals surface area contributed by atoms with Gasteiger partial charge in [0.2, 0.25) is 0 Å². The molecule has 120 valence electrons. The van der Waals surface area contributed by atoms with Crippen LogP contribution in [0, 0.1) is 11.3 Å². The molecular weight excluding hydrogens is 288 g/mol. The van der Waals surface area contributed by atoms with Crippen LogP contribution in [0.1, 0.15) is 55.8 Å². The average Bonchev–Trinajstić information content (AvgIpc) is 3.03. The van der Waals surface area contributed by atoms with E-state index < -0.39 is 0 Å². The number of nitrogens with zero attached hydrogens (tertiary/aromatic N) is 4. The summed E-state index contributed by atoms with van der Waals surface area (Å²) in [6.45, 7) is 1.38. The van der Waals surface area contributed by atoms with Gasteiger partial charge in [0.15, 0.2) is 5.69 Å². The van der Waals surface area contributed by atoms with Gasteiger partial charge in [-0.3, -0.25) is 0 Å². The molecule has 1 aliphatic rings. The van der Waals surface area contributed by atoms with Crippen molar-refractivity contribution in [3.8, 4) is 11.8 Å². The molecule has 1 fully saturated rings. The molecule has 1 aromatic carbocycles. The summed E-state index contributed by atoms with van der Waals surface area (Å²) in [7, 11) is 0. The highest BCUT2D eigenvalue weighted by atomic mass is 16.5. The molecule has 1 aliphatic carbocycles. The molecular formula is C18H22N4O. The van der Waals surface area contributed by atoms with E-state index in [9.17, 15) is 5.26 Å². The van der Waals surface area contributed by atoms with Gasteiger partial charge in [-0.2, -0.15) is 5.26 Å². The molecule has 0 bridgehead atoms. The Hall–Kier alpha value is -2.35. The maximum Gasteiger partial charge on any atom is 0.186 e. The Bertz CT molecular complexity index is 653. The van der Waals surface area contributed by atoms with E-state index in [0.717, 1.165) is 37.3 Å². The third-order valence-corrected chi connectivity index (χ3v) is 4.40. The zero-order valence-corrected chi connectivity index (χ0v) is 13.3. The van der Waals surface area contributed by atoms with E-state index in [1.165, 1.54) is 19.3 Å². The van der Waals surface area contributed by atoms with E-state index in [1.54, 1.807) is 0 Å². The van der Waals surface area contributed by atoms with Crippen molar-refractivity contribution < 1.29 is 4.74 Å². The summed E-state index contributed by atoms with van der Waals surface area (Å²) in [5.41, 5.74) is 1.53. The van der Waals surface area contributed by atoms with E-state index in [4.69, 9.17) is 4.74 Å². The Labute approximate surface area is 136 Å². The van der Waals surface area contributed by atoms with Crippen LogP contribution >= 0.6 is 0 Å². The third kappa shape index (κ3) is 3.89. The van der Waals surface area contributed by atoms with E-state index in [1.807, 2.05) is 35.0 Å². The fraction of sp³-hybridized carbons (Fsp3) is 0.500. The van der Waals surface area contributed by atoms with Gasteiger partial charge >= 0.3 is 0 Å². The van der Waals surface area contributed by atoms with Crippen molar-refractivity contribution in [3.05, 3.63) is 41.7 Å². The van der Waals surface area contributed by atoms with E-state index in [2.05, 4.69) is 16.4 Å². The molecule has 5 heteroatoms. The number of rotatable bonds is 6. The fourth-order valence-corrected chi connectivity index (χ4v) is 3.27. The number of benzene rings is 1. The zero-order chi connectivity index (χ0) is 15.9. The summed E-state index contributed by atoms with van der Waals surface area (Å²) in [4.78, 5) is 0. The standard InChI is InChI=1S/C18H22N4O/c19-14-17-18(15-8-3-1-4-9-15)22(21-20-17)12-7-13-23-16-10-5-2-6-11-16/h2,5-6,10-11,15H,1,3-4,7-9,12-13H2. The van der Waals surface area contributed by atoms with Gasteiger partial charge in [-0.05, 0) is 25.0 Å². The van der Waals surface area contributed by atoms with Crippen LogP contribution in [0.3, 0.4) is 0 Å². The lowest BCUT2D eigenvalue weighted by atomic mass is 9.86. The van der Waals surface area contributed by atoms with E-state index in [0.29, 0.717) is 18.2 Å². The second-order valence-corrected chi connectivity index (χ2v) is 6.01. The van der Waals surface area contributed by atoms with Gasteiger partial charge in [0.05, 0.1) is 12.3 Å². The first kappa shape index (κ1) is 15.5. The number of ether oxygens (including phenoxy) is 1. The van der Waals surface area contributed by atoms with Crippen LogP contribution in [0.25, 0.3) is 0 Å². The number of aromatic nitrogens is 3. The van der Waals surface area contributed by atoms with Gasteiger partial charge < -0.3 is 4.74 Å². The SMILES string of the molecule is N#Cc1nnn(CCCOc2ccccc2)c1C1CCCCC1. The number of para-hydroxylation sites is 1. The monoisotopic (exact) mass is 310 g/mol. The lowest BCUT2D eigenvalue weighted by Crippen LogP contribution is -2.14. The summed E-state index contributed by atoms with van der Waals surface area (Å²) in [6, 6.07) is 12.0. The van der Waals surface area contributed by atoms with Crippen LogP contribution in [0.4, 0.5) is 0 Å². The van der Waals surface area contributed by atoms with Gasteiger partial charge in [0.25, 0.3) is 0 Å². The molecule has 0 atom stereocenters. The normalized spacial score (nSPS) is 15.3. The Morgan fingerprint density at radius 1 is 1.17 bits per heavy atom. The summed E-state index contributed by atoms with van der Waals surface area (Å²) in [5.74, 6) is 1.32. The van der Waals surface area contributed by atoms with E-state index >= 15 is 0 Å². The molecule has 23 heavy (non-hydrogen) atoms. The Morgan fingerprint density at radius 3 is 2.70 bits per heavy atom. The highest BCUT2D eigenvalue weighted by Crippen LogP contribution is 2.33. The average molecular weight is 310 g/mol. The van der Waals surface area contributed by atoms with Gasteiger partial charge in [-0.25, -0.2) is 4.68 Å². The molecule has 5 nitrogen and oxygen atoms in total. The maximum absolute atomic E-state index is 9.29. The highest BCUT2D eigenvalue weighted by molar-refractivity contribution is 5.28. The Morgan fingerprint density at radius 2 is 1.96 bits per heavy atom. The molecule has 3 rings (SSSR count). The minimum absolute atomic E-state index is 0.434. The predicted molar refractivity (Wildman–Crippen MR) is 87.1 cm³/mol. The third-order valence-electron chi connectivity index (χ3n) is 4.40. The molecule has 0 saturated heterocycles. The maximum atomic E-state index is 9.29. The second-order valence-electron chi connectivity index (χ2n) is 6.01. The van der Waals surface area contributed by atoms with Gasteiger partial charge in [-0.15, -0.1) is 5.10 Å². The summed E-state index contributed by atoms with van der Waals surface area (Å²) < 4.78 is 7.64. The van der Waals surface area contributed by atoms with Crippen LogP contribution in [-0.4, -0.2) is 21.6 Å². The molecule has 2 aromatic rings. The van der Waals surface area contributed by atoms with Gasteiger partial charge in [0, 0.05) is 18.9 Å². The second kappa shape index (κ2) is 7.77. The quantitative estimate of drug-likeness (QED) is 0.764. The molecule has 0 radical (unpaired) electrons. The van der Waals surface area contributed by atoms with E-state index in [-0.39, 0.29) is 0 Å². The Balaban J connectivity index is 1.59. The topological polar surface area (TPSA) is 63.7 Å². The van der Waals surface area contributed by atoms with Gasteiger partial charge in [-0.1, -0.05) is 42.7 Å². The molecule has 0 spiro atoms. The van der Waals surface area contributed by atoms with Crippen molar-refractivity contribution in [2.24, 2.45) is 0 Å². The van der Waals surface area contributed by atoms with Crippen LogP contribution in [-0.2, 0) is 6.54 Å². The lowest BCUT2D eigenvalue weighted by Gasteiger charge is -2.22. The fourth-order valence-electron chi connectivity index (χ4n) is 3.27. The van der Waals surface area contributed by atoms with Crippen LogP contribution in [0.5, 0.6) is 5.75 Å². The van der Waals surface area contributed by atoms with Crippen molar-refractivity contribution in [3.63, 3.8) is 0 Å². The minimum Gasteiger partial charge on any atom is -0.494 e. The molecule has 1 aromatic heterocycles.